The van der Waals surface area contributed by atoms with Crippen LogP contribution in [-0.4, -0.2) is 24.7 Å². The number of hydrogen-bond acceptors (Lipinski definition) is 4. The van der Waals surface area contributed by atoms with Crippen LogP contribution in [-0.2, 0) is 16.0 Å². The number of rotatable bonds is 7. The van der Waals surface area contributed by atoms with Gasteiger partial charge in [-0.2, -0.15) is 0 Å². The summed E-state index contributed by atoms with van der Waals surface area (Å²) in [6.45, 7) is 10.8. The second-order valence-electron chi connectivity index (χ2n) is 8.76. The van der Waals surface area contributed by atoms with Crippen LogP contribution in [0.1, 0.15) is 52.0 Å². The lowest BCUT2D eigenvalue weighted by Gasteiger charge is -2.42. The second-order valence-corrected chi connectivity index (χ2v) is 8.76. The first-order chi connectivity index (χ1) is 13.2. The molecule has 2 unspecified atom stereocenters. The first-order valence-corrected chi connectivity index (χ1v) is 9.78. The smallest absolute Gasteiger partial charge is 0.303 e. The van der Waals surface area contributed by atoms with E-state index in [0.29, 0.717) is 35.7 Å². The van der Waals surface area contributed by atoms with Gasteiger partial charge in [0, 0.05) is 6.42 Å². The zero-order valence-corrected chi connectivity index (χ0v) is 17.4. The number of fused-ring (bicyclic) bond motifs is 2. The van der Waals surface area contributed by atoms with Gasteiger partial charge in [0.05, 0.1) is 7.11 Å². The number of hydrogen-bond donors (Lipinski definition) is 1. The van der Waals surface area contributed by atoms with Gasteiger partial charge in [0.1, 0.15) is 0 Å². The number of aliphatic carboxylic acids is 1. The third kappa shape index (κ3) is 4.57. The van der Waals surface area contributed by atoms with Crippen molar-refractivity contribution >= 4 is 12.4 Å². The SMILES string of the molecule is C=CCc1ccc(OC=O)c(OC)c1.CC12CCC(C1)C(C)(C)[C@H]2CC(=O)O. The Balaban J connectivity index is 0.000000200. The highest BCUT2D eigenvalue weighted by Crippen LogP contribution is 2.66. The maximum atomic E-state index is 10.9. The van der Waals surface area contributed by atoms with Crippen molar-refractivity contribution in [2.75, 3.05) is 7.11 Å². The minimum Gasteiger partial charge on any atom is -0.493 e. The van der Waals surface area contributed by atoms with E-state index >= 15 is 0 Å². The molecule has 1 aromatic rings. The molecule has 0 radical (unpaired) electrons. The van der Waals surface area contributed by atoms with Gasteiger partial charge in [0.2, 0.25) is 0 Å². The van der Waals surface area contributed by atoms with Gasteiger partial charge in [-0.15, -0.1) is 6.58 Å². The van der Waals surface area contributed by atoms with Crippen molar-refractivity contribution in [2.24, 2.45) is 22.7 Å². The topological polar surface area (TPSA) is 72.8 Å². The minimum absolute atomic E-state index is 0.241. The van der Waals surface area contributed by atoms with Crippen molar-refractivity contribution in [1.82, 2.24) is 0 Å². The number of carbonyl (C=O) groups excluding carboxylic acids is 1. The monoisotopic (exact) mass is 388 g/mol. The van der Waals surface area contributed by atoms with E-state index in [1.807, 2.05) is 12.1 Å². The van der Waals surface area contributed by atoms with E-state index in [1.165, 1.54) is 26.4 Å². The van der Waals surface area contributed by atoms with E-state index in [4.69, 9.17) is 14.6 Å². The predicted octanol–water partition coefficient (Wildman–Crippen LogP) is 4.88. The number of allylic oxidation sites excluding steroid dienone is 1. The minimum atomic E-state index is -0.628. The molecule has 1 aromatic carbocycles. The molecule has 0 aliphatic heterocycles. The van der Waals surface area contributed by atoms with Gasteiger partial charge >= 0.3 is 5.97 Å². The van der Waals surface area contributed by atoms with E-state index in [1.54, 1.807) is 12.1 Å². The summed E-state index contributed by atoms with van der Waals surface area (Å²) in [6.07, 6.45) is 6.71. The summed E-state index contributed by atoms with van der Waals surface area (Å²) < 4.78 is 9.80. The molecule has 154 valence electrons. The number of carbonyl (C=O) groups is 2. The van der Waals surface area contributed by atoms with Crippen molar-refractivity contribution in [3.63, 3.8) is 0 Å². The van der Waals surface area contributed by atoms with Gasteiger partial charge < -0.3 is 14.6 Å². The van der Waals surface area contributed by atoms with Crippen LogP contribution in [0.3, 0.4) is 0 Å². The van der Waals surface area contributed by atoms with Crippen LogP contribution in [0.4, 0.5) is 0 Å². The molecule has 3 rings (SSSR count). The van der Waals surface area contributed by atoms with Gasteiger partial charge in [0.15, 0.2) is 11.5 Å². The normalized spacial score (nSPS) is 26.7. The maximum absolute atomic E-state index is 10.9. The van der Waals surface area contributed by atoms with E-state index < -0.39 is 5.97 Å². The first-order valence-electron chi connectivity index (χ1n) is 9.78. The Morgan fingerprint density at radius 1 is 1.32 bits per heavy atom. The summed E-state index contributed by atoms with van der Waals surface area (Å²) in [5.74, 6) is 1.49. The molecule has 2 bridgehead atoms. The number of carboxylic acids is 1. The highest BCUT2D eigenvalue weighted by atomic mass is 16.5. The van der Waals surface area contributed by atoms with Crippen molar-refractivity contribution in [2.45, 2.75) is 52.9 Å². The van der Waals surface area contributed by atoms with Gasteiger partial charge in [0.25, 0.3) is 6.47 Å². The van der Waals surface area contributed by atoms with Crippen LogP contribution < -0.4 is 9.47 Å². The summed E-state index contributed by atoms with van der Waals surface area (Å²) in [4.78, 5) is 21.0. The van der Waals surface area contributed by atoms with Crippen LogP contribution >= 0.6 is 0 Å². The predicted molar refractivity (Wildman–Crippen MR) is 109 cm³/mol. The standard InChI is InChI=1S/C12H20O2.C11H12O3/c1-11(2)8-4-5-12(3,7-8)9(11)6-10(13)14;1-3-4-9-5-6-10(14-8-12)11(7-9)13-2/h8-9H,4-7H2,1-3H3,(H,13,14);3,5-8H,1,4H2,2H3/t8?,9-,12?;/m1./s1. The van der Waals surface area contributed by atoms with E-state index in [-0.39, 0.29) is 5.41 Å². The first kappa shape index (κ1) is 22.0. The number of ether oxygens (including phenoxy) is 2. The lowest BCUT2D eigenvalue weighted by molar-refractivity contribution is -0.140. The maximum Gasteiger partial charge on any atom is 0.303 e. The van der Waals surface area contributed by atoms with Crippen molar-refractivity contribution in [1.29, 1.82) is 0 Å². The Labute approximate surface area is 167 Å². The van der Waals surface area contributed by atoms with Crippen LogP contribution in [0.5, 0.6) is 11.5 Å². The Bertz CT molecular complexity index is 719. The van der Waals surface area contributed by atoms with Crippen LogP contribution in [0.2, 0.25) is 0 Å². The number of carboxylic acid groups (broad SMARTS) is 1. The fourth-order valence-electron chi connectivity index (χ4n) is 5.24. The molecule has 1 N–H and O–H groups in total. The number of methoxy groups -OCH3 is 1. The molecular weight excluding hydrogens is 356 g/mol. The van der Waals surface area contributed by atoms with Crippen molar-refractivity contribution < 1.29 is 24.2 Å². The molecule has 2 fully saturated rings. The molecule has 5 heteroatoms. The molecule has 0 saturated heterocycles. The van der Waals surface area contributed by atoms with Gasteiger partial charge in [-0.3, -0.25) is 9.59 Å². The van der Waals surface area contributed by atoms with E-state index in [9.17, 15) is 9.59 Å². The summed E-state index contributed by atoms with van der Waals surface area (Å²) in [6, 6.07) is 5.38. The average Bonchev–Trinajstić information content (AvgIpc) is 3.12. The Hall–Kier alpha value is -2.30. The largest absolute Gasteiger partial charge is 0.493 e. The second kappa shape index (κ2) is 8.80. The zero-order valence-electron chi connectivity index (χ0n) is 17.4. The lowest BCUT2D eigenvalue weighted by Crippen LogP contribution is -2.36. The summed E-state index contributed by atoms with van der Waals surface area (Å²) in [5, 5.41) is 8.95. The molecule has 3 atom stereocenters. The molecule has 0 heterocycles. The average molecular weight is 389 g/mol. The molecule has 2 aliphatic carbocycles. The fourth-order valence-corrected chi connectivity index (χ4v) is 5.24. The summed E-state index contributed by atoms with van der Waals surface area (Å²) in [7, 11) is 1.53. The van der Waals surface area contributed by atoms with E-state index in [0.717, 1.165) is 17.9 Å². The third-order valence-corrected chi connectivity index (χ3v) is 6.73. The fraction of sp³-hybridized carbons (Fsp3) is 0.565. The zero-order chi connectivity index (χ0) is 20.9. The quantitative estimate of drug-likeness (QED) is 0.532. The molecule has 2 aliphatic rings. The molecule has 2 saturated carbocycles. The van der Waals surface area contributed by atoms with Crippen molar-refractivity contribution in [3.05, 3.63) is 36.4 Å². The lowest BCUT2D eigenvalue weighted by atomic mass is 9.63. The Morgan fingerprint density at radius 3 is 2.54 bits per heavy atom. The number of benzene rings is 1. The van der Waals surface area contributed by atoms with Crippen LogP contribution in [0.15, 0.2) is 30.9 Å². The van der Waals surface area contributed by atoms with Gasteiger partial charge in [-0.25, -0.2) is 0 Å². The molecule has 0 amide bonds. The highest BCUT2D eigenvalue weighted by Gasteiger charge is 2.59. The molecular formula is C23H32O5. The molecule has 5 nitrogen and oxygen atoms in total. The summed E-state index contributed by atoms with van der Waals surface area (Å²) in [5.41, 5.74) is 1.62. The van der Waals surface area contributed by atoms with Crippen molar-refractivity contribution in [3.8, 4) is 11.5 Å². The Kier molecular flexibility index (Phi) is 6.91. The summed E-state index contributed by atoms with van der Waals surface area (Å²) >= 11 is 0. The van der Waals surface area contributed by atoms with Gasteiger partial charge in [-0.05, 0) is 66.0 Å². The van der Waals surface area contributed by atoms with Crippen LogP contribution in [0.25, 0.3) is 0 Å². The molecule has 0 spiro atoms. The van der Waals surface area contributed by atoms with Gasteiger partial charge in [-0.1, -0.05) is 32.9 Å². The van der Waals surface area contributed by atoms with E-state index in [2.05, 4.69) is 27.4 Å². The van der Waals surface area contributed by atoms with Crippen LogP contribution in [0, 0.1) is 22.7 Å². The Morgan fingerprint density at radius 2 is 2.04 bits per heavy atom. The molecule has 0 aromatic heterocycles. The highest BCUT2D eigenvalue weighted by molar-refractivity contribution is 5.67. The molecule has 28 heavy (non-hydrogen) atoms. The third-order valence-electron chi connectivity index (χ3n) is 6.73.